The van der Waals surface area contributed by atoms with Crippen LogP contribution in [-0.4, -0.2) is 27.1 Å². The normalized spacial score (nSPS) is 12.8. The van der Waals surface area contributed by atoms with Gasteiger partial charge in [-0.1, -0.05) is 0 Å². The smallest absolute Gasteiger partial charge is 0.320 e. The van der Waals surface area contributed by atoms with Gasteiger partial charge in [-0.15, -0.1) is 0 Å². The highest BCUT2D eigenvalue weighted by Gasteiger charge is 2.10. The Labute approximate surface area is 69.6 Å². The number of nitrogens with one attached hydrogen (secondary N) is 1. The molecule has 66 valence electrons. The van der Waals surface area contributed by atoms with Crippen LogP contribution in [0.15, 0.2) is 12.5 Å². The van der Waals surface area contributed by atoms with Crippen molar-refractivity contribution in [2.75, 3.05) is 0 Å². The fourth-order valence-corrected chi connectivity index (χ4v) is 0.856. The van der Waals surface area contributed by atoms with Crippen LogP contribution in [-0.2, 0) is 11.2 Å². The van der Waals surface area contributed by atoms with E-state index in [1.54, 1.807) is 12.5 Å². The maximum Gasteiger partial charge on any atom is 0.320 e. The number of aromatic amines is 1. The number of carboxylic acids is 1. The Morgan fingerprint density at radius 3 is 3.08 bits per heavy atom. The van der Waals surface area contributed by atoms with Gasteiger partial charge in [-0.2, -0.15) is 0 Å². The number of aliphatic carboxylic acids is 1. The summed E-state index contributed by atoms with van der Waals surface area (Å²) in [5.74, 6) is -0.963. The summed E-state index contributed by atoms with van der Waals surface area (Å²) in [6.45, 7) is 0. The first kappa shape index (κ1) is 8.73. The molecular formula is C7H11N3O2. The molecule has 1 aromatic heterocycles. The second-order valence-electron chi connectivity index (χ2n) is 2.56. The number of rotatable bonds is 4. The van der Waals surface area contributed by atoms with E-state index in [4.69, 9.17) is 10.8 Å². The molecule has 0 radical (unpaired) electrons. The number of nitrogens with two attached hydrogens (primary N) is 1. The van der Waals surface area contributed by atoms with Gasteiger partial charge in [0.1, 0.15) is 6.04 Å². The Morgan fingerprint density at radius 2 is 2.58 bits per heavy atom. The molecule has 0 aromatic carbocycles. The zero-order valence-corrected chi connectivity index (χ0v) is 6.53. The molecule has 4 N–H and O–H groups in total. The van der Waals surface area contributed by atoms with Gasteiger partial charge < -0.3 is 15.8 Å². The summed E-state index contributed by atoms with van der Waals surface area (Å²) >= 11 is 0. The number of H-pyrrole nitrogens is 1. The highest BCUT2D eigenvalue weighted by Crippen LogP contribution is 1.99. The van der Waals surface area contributed by atoms with E-state index in [1.165, 1.54) is 0 Å². The molecule has 0 aliphatic heterocycles. The molecule has 0 spiro atoms. The number of nitrogens with zero attached hydrogens (tertiary/aromatic N) is 1. The second kappa shape index (κ2) is 3.87. The first-order valence-electron chi connectivity index (χ1n) is 3.66. The molecule has 1 heterocycles. The molecule has 1 rings (SSSR count). The summed E-state index contributed by atoms with van der Waals surface area (Å²) in [5, 5.41) is 8.46. The first-order chi connectivity index (χ1) is 5.70. The molecule has 1 atom stereocenters. The van der Waals surface area contributed by atoms with Crippen molar-refractivity contribution in [2.45, 2.75) is 18.9 Å². The summed E-state index contributed by atoms with van der Waals surface area (Å²) in [7, 11) is 0. The largest absolute Gasteiger partial charge is 0.480 e. The van der Waals surface area contributed by atoms with Crippen LogP contribution in [0.25, 0.3) is 0 Å². The number of hydrogen-bond donors (Lipinski definition) is 3. The third kappa shape index (κ3) is 2.35. The fourth-order valence-electron chi connectivity index (χ4n) is 0.856. The SMILES string of the molecule is N[C@@H](CCc1cnc[nH]1)C(=O)O. The summed E-state index contributed by atoms with van der Waals surface area (Å²) < 4.78 is 0. The first-order valence-corrected chi connectivity index (χ1v) is 3.66. The molecule has 5 heteroatoms. The molecule has 0 unspecified atom stereocenters. The van der Waals surface area contributed by atoms with Gasteiger partial charge in [-0.3, -0.25) is 4.79 Å². The average molecular weight is 169 g/mol. The van der Waals surface area contributed by atoms with Crippen LogP contribution >= 0.6 is 0 Å². The topological polar surface area (TPSA) is 92.0 Å². The highest BCUT2D eigenvalue weighted by atomic mass is 16.4. The van der Waals surface area contributed by atoms with Crippen molar-refractivity contribution in [1.29, 1.82) is 0 Å². The van der Waals surface area contributed by atoms with Crippen LogP contribution in [0.3, 0.4) is 0 Å². The molecule has 5 nitrogen and oxygen atoms in total. The minimum atomic E-state index is -0.963. The van der Waals surface area contributed by atoms with Crippen molar-refractivity contribution in [3.8, 4) is 0 Å². The lowest BCUT2D eigenvalue weighted by Crippen LogP contribution is -2.30. The minimum Gasteiger partial charge on any atom is -0.480 e. The number of aromatic nitrogens is 2. The van der Waals surface area contributed by atoms with E-state index in [0.717, 1.165) is 5.69 Å². The van der Waals surface area contributed by atoms with E-state index in [2.05, 4.69) is 9.97 Å². The van der Waals surface area contributed by atoms with Gasteiger partial charge in [0.05, 0.1) is 6.33 Å². The van der Waals surface area contributed by atoms with E-state index >= 15 is 0 Å². The molecule has 1 aromatic rings. The molecular weight excluding hydrogens is 158 g/mol. The number of aryl methyl sites for hydroxylation is 1. The van der Waals surface area contributed by atoms with Gasteiger partial charge >= 0.3 is 5.97 Å². The lowest BCUT2D eigenvalue weighted by molar-refractivity contribution is -0.138. The lowest BCUT2D eigenvalue weighted by Gasteiger charge is -2.03. The van der Waals surface area contributed by atoms with E-state index in [9.17, 15) is 4.79 Å². The Kier molecular flexibility index (Phi) is 2.82. The Morgan fingerprint density at radius 1 is 1.83 bits per heavy atom. The summed E-state index contributed by atoms with van der Waals surface area (Å²) in [5.41, 5.74) is 6.21. The number of carboxylic acid groups (broad SMARTS) is 1. The molecule has 0 aliphatic carbocycles. The second-order valence-corrected chi connectivity index (χ2v) is 2.56. The standard InChI is InChI=1S/C7H11N3O2/c8-6(7(11)12)2-1-5-3-9-4-10-5/h3-4,6H,1-2,8H2,(H,9,10)(H,11,12)/t6-/m0/s1. The average Bonchev–Trinajstić information content (AvgIpc) is 2.51. The van der Waals surface area contributed by atoms with Crippen LogP contribution in [0.4, 0.5) is 0 Å². The van der Waals surface area contributed by atoms with Gasteiger partial charge in [0.15, 0.2) is 0 Å². The van der Waals surface area contributed by atoms with Crippen LogP contribution in [0.1, 0.15) is 12.1 Å². The molecule has 0 saturated heterocycles. The summed E-state index contributed by atoms with van der Waals surface area (Å²) in [6.07, 6.45) is 4.27. The van der Waals surface area contributed by atoms with Crippen LogP contribution in [0, 0.1) is 0 Å². The minimum absolute atomic E-state index is 0.428. The van der Waals surface area contributed by atoms with E-state index < -0.39 is 12.0 Å². The van der Waals surface area contributed by atoms with Crippen molar-refractivity contribution in [3.05, 3.63) is 18.2 Å². The van der Waals surface area contributed by atoms with Crippen molar-refractivity contribution < 1.29 is 9.90 Å². The quantitative estimate of drug-likeness (QED) is 0.579. The predicted octanol–water partition coefficient (Wildman–Crippen LogP) is -0.246. The van der Waals surface area contributed by atoms with E-state index in [-0.39, 0.29) is 0 Å². The van der Waals surface area contributed by atoms with Crippen LogP contribution in [0.2, 0.25) is 0 Å². The molecule has 0 amide bonds. The predicted molar refractivity (Wildman–Crippen MR) is 42.5 cm³/mol. The maximum absolute atomic E-state index is 10.3. The van der Waals surface area contributed by atoms with Gasteiger partial charge in [-0.05, 0) is 12.8 Å². The van der Waals surface area contributed by atoms with Crippen molar-refractivity contribution >= 4 is 5.97 Å². The monoisotopic (exact) mass is 169 g/mol. The van der Waals surface area contributed by atoms with Crippen LogP contribution in [0.5, 0.6) is 0 Å². The molecule has 0 aliphatic rings. The molecule has 12 heavy (non-hydrogen) atoms. The number of hydrogen-bond acceptors (Lipinski definition) is 3. The van der Waals surface area contributed by atoms with Gasteiger partial charge in [0.25, 0.3) is 0 Å². The maximum atomic E-state index is 10.3. The number of carbonyl (C=O) groups is 1. The third-order valence-corrected chi connectivity index (χ3v) is 1.60. The van der Waals surface area contributed by atoms with Crippen molar-refractivity contribution in [1.82, 2.24) is 9.97 Å². The van der Waals surface area contributed by atoms with E-state index in [1.807, 2.05) is 0 Å². The Balaban J connectivity index is 2.31. The lowest BCUT2D eigenvalue weighted by atomic mass is 10.1. The summed E-state index contributed by atoms with van der Waals surface area (Å²) in [4.78, 5) is 17.0. The zero-order chi connectivity index (χ0) is 8.97. The number of imidazole rings is 1. The molecule has 0 bridgehead atoms. The molecule has 0 saturated carbocycles. The van der Waals surface area contributed by atoms with Crippen molar-refractivity contribution in [3.63, 3.8) is 0 Å². The van der Waals surface area contributed by atoms with Gasteiger partial charge in [-0.25, -0.2) is 4.98 Å². The summed E-state index contributed by atoms with van der Waals surface area (Å²) in [6, 6.07) is -0.784. The fraction of sp³-hybridized carbons (Fsp3) is 0.429. The zero-order valence-electron chi connectivity index (χ0n) is 6.53. The molecule has 0 fully saturated rings. The Hall–Kier alpha value is -1.36. The van der Waals surface area contributed by atoms with E-state index in [0.29, 0.717) is 12.8 Å². The third-order valence-electron chi connectivity index (χ3n) is 1.60. The van der Waals surface area contributed by atoms with Crippen LogP contribution < -0.4 is 5.73 Å². The Bertz CT molecular complexity index is 245. The highest BCUT2D eigenvalue weighted by molar-refractivity contribution is 5.72. The van der Waals surface area contributed by atoms with Gasteiger partial charge in [0, 0.05) is 11.9 Å². The van der Waals surface area contributed by atoms with Gasteiger partial charge in [0.2, 0.25) is 0 Å². The van der Waals surface area contributed by atoms with Crippen molar-refractivity contribution in [2.24, 2.45) is 5.73 Å².